The highest BCUT2D eigenvalue weighted by Crippen LogP contribution is 2.17. The van der Waals surface area contributed by atoms with Crippen LogP contribution in [0.3, 0.4) is 0 Å². The Morgan fingerprint density at radius 2 is 1.94 bits per heavy atom. The average molecular weight is 252 g/mol. The normalized spacial score (nSPS) is 10.7. The maximum Gasteiger partial charge on any atom is 0.134 e. The summed E-state index contributed by atoms with van der Waals surface area (Å²) in [5.41, 5.74) is 1.05. The fourth-order valence-electron chi connectivity index (χ4n) is 1.63. The summed E-state index contributed by atoms with van der Waals surface area (Å²) in [6.07, 6.45) is 4.03. The molecule has 0 unspecified atom stereocenters. The molecular formula is C13H24N4O. The second-order valence-electron chi connectivity index (χ2n) is 4.50. The molecule has 1 heterocycles. The number of unbranched alkanes of at least 4 members (excludes halogenated alkanes) is 1. The minimum Gasteiger partial charge on any atom is -0.379 e. The van der Waals surface area contributed by atoms with Gasteiger partial charge in [0.2, 0.25) is 0 Å². The van der Waals surface area contributed by atoms with Crippen molar-refractivity contribution < 1.29 is 4.74 Å². The zero-order valence-electron chi connectivity index (χ0n) is 11.8. The summed E-state index contributed by atoms with van der Waals surface area (Å²) >= 11 is 0. The van der Waals surface area contributed by atoms with Crippen LogP contribution in [0.1, 0.15) is 32.3 Å². The molecule has 0 spiro atoms. The number of hydrogen-bond donors (Lipinski definition) is 2. The van der Waals surface area contributed by atoms with Crippen molar-refractivity contribution >= 4 is 11.6 Å². The molecule has 18 heavy (non-hydrogen) atoms. The van der Waals surface area contributed by atoms with E-state index in [1.165, 1.54) is 0 Å². The Bertz CT molecular complexity index is 355. The average Bonchev–Trinajstić information content (AvgIpc) is 2.35. The number of anilines is 2. The molecule has 0 saturated heterocycles. The quantitative estimate of drug-likeness (QED) is 0.696. The van der Waals surface area contributed by atoms with Crippen LogP contribution in [0.25, 0.3) is 0 Å². The van der Waals surface area contributed by atoms with Crippen molar-refractivity contribution in [1.82, 2.24) is 9.97 Å². The zero-order valence-corrected chi connectivity index (χ0v) is 11.8. The smallest absolute Gasteiger partial charge is 0.134 e. The van der Waals surface area contributed by atoms with Crippen molar-refractivity contribution in [2.24, 2.45) is 0 Å². The summed E-state index contributed by atoms with van der Waals surface area (Å²) < 4.78 is 5.49. The van der Waals surface area contributed by atoms with Crippen LogP contribution in [0, 0.1) is 6.92 Å². The number of aromatic nitrogens is 2. The standard InChI is InChI=1S/C13H24N4O/c1-10(2)18-8-6-5-7-15-13-11(3)12(14-4)16-9-17-13/h9-10H,5-8H2,1-4H3,(H2,14,15,16,17). The van der Waals surface area contributed by atoms with Crippen molar-refractivity contribution in [3.63, 3.8) is 0 Å². The Morgan fingerprint density at radius 3 is 2.61 bits per heavy atom. The van der Waals surface area contributed by atoms with Crippen LogP contribution >= 0.6 is 0 Å². The Labute approximate surface area is 109 Å². The van der Waals surface area contributed by atoms with Crippen molar-refractivity contribution in [2.45, 2.75) is 39.7 Å². The lowest BCUT2D eigenvalue weighted by molar-refractivity contribution is 0.0765. The second kappa shape index (κ2) is 7.87. The first-order valence-electron chi connectivity index (χ1n) is 6.50. The molecule has 1 rings (SSSR count). The minimum atomic E-state index is 0.320. The van der Waals surface area contributed by atoms with Gasteiger partial charge in [-0.05, 0) is 33.6 Å². The van der Waals surface area contributed by atoms with E-state index in [2.05, 4.69) is 34.4 Å². The second-order valence-corrected chi connectivity index (χ2v) is 4.50. The highest BCUT2D eigenvalue weighted by molar-refractivity contribution is 5.55. The van der Waals surface area contributed by atoms with Gasteiger partial charge in [-0.2, -0.15) is 0 Å². The molecule has 0 atom stereocenters. The van der Waals surface area contributed by atoms with E-state index in [4.69, 9.17) is 4.74 Å². The van der Waals surface area contributed by atoms with Crippen LogP contribution in [0.15, 0.2) is 6.33 Å². The molecule has 0 aliphatic carbocycles. The molecular weight excluding hydrogens is 228 g/mol. The van der Waals surface area contributed by atoms with E-state index in [1.807, 2.05) is 14.0 Å². The highest BCUT2D eigenvalue weighted by Gasteiger charge is 2.04. The summed E-state index contributed by atoms with van der Waals surface area (Å²) in [6, 6.07) is 0. The molecule has 0 saturated carbocycles. The number of nitrogens with zero attached hydrogens (tertiary/aromatic N) is 2. The zero-order chi connectivity index (χ0) is 13.4. The summed E-state index contributed by atoms with van der Waals surface area (Å²) in [4.78, 5) is 8.39. The Balaban J connectivity index is 2.27. The molecule has 0 amide bonds. The van der Waals surface area contributed by atoms with Gasteiger partial charge in [0.1, 0.15) is 18.0 Å². The topological polar surface area (TPSA) is 59.1 Å². The first kappa shape index (κ1) is 14.7. The molecule has 0 fully saturated rings. The van der Waals surface area contributed by atoms with Gasteiger partial charge >= 0.3 is 0 Å². The Kier molecular flexibility index (Phi) is 6.43. The number of nitrogens with one attached hydrogen (secondary N) is 2. The number of ether oxygens (including phenoxy) is 1. The molecule has 102 valence electrons. The molecule has 1 aromatic heterocycles. The predicted octanol–water partition coefficient (Wildman–Crippen LogP) is 2.44. The van der Waals surface area contributed by atoms with Gasteiger partial charge in [-0.25, -0.2) is 9.97 Å². The van der Waals surface area contributed by atoms with E-state index < -0.39 is 0 Å². The number of hydrogen-bond acceptors (Lipinski definition) is 5. The molecule has 0 aliphatic rings. The molecule has 5 nitrogen and oxygen atoms in total. The summed E-state index contributed by atoms with van der Waals surface area (Å²) in [5, 5.41) is 6.38. The minimum absolute atomic E-state index is 0.320. The van der Waals surface area contributed by atoms with Crippen molar-refractivity contribution in [2.75, 3.05) is 30.8 Å². The Morgan fingerprint density at radius 1 is 1.22 bits per heavy atom. The van der Waals surface area contributed by atoms with E-state index in [9.17, 15) is 0 Å². The number of rotatable bonds is 8. The Hall–Kier alpha value is -1.36. The van der Waals surface area contributed by atoms with E-state index in [1.54, 1.807) is 6.33 Å². The van der Waals surface area contributed by atoms with Gasteiger partial charge < -0.3 is 15.4 Å². The van der Waals surface area contributed by atoms with Crippen LogP contribution in [-0.4, -0.2) is 36.3 Å². The molecule has 0 bridgehead atoms. The van der Waals surface area contributed by atoms with E-state index in [0.717, 1.165) is 43.2 Å². The fraction of sp³-hybridized carbons (Fsp3) is 0.692. The third-order valence-electron chi connectivity index (χ3n) is 2.64. The molecule has 1 aromatic rings. The van der Waals surface area contributed by atoms with E-state index in [0.29, 0.717) is 6.10 Å². The summed E-state index contributed by atoms with van der Waals surface area (Å²) in [7, 11) is 1.86. The molecule has 0 aromatic carbocycles. The van der Waals surface area contributed by atoms with Crippen LogP contribution in [0.2, 0.25) is 0 Å². The summed E-state index contributed by atoms with van der Waals surface area (Å²) in [5.74, 6) is 1.77. The van der Waals surface area contributed by atoms with E-state index in [-0.39, 0.29) is 0 Å². The van der Waals surface area contributed by atoms with Crippen molar-refractivity contribution in [3.05, 3.63) is 11.9 Å². The lowest BCUT2D eigenvalue weighted by atomic mass is 10.3. The van der Waals surface area contributed by atoms with Gasteiger partial charge in [-0.15, -0.1) is 0 Å². The largest absolute Gasteiger partial charge is 0.379 e. The van der Waals surface area contributed by atoms with Crippen LogP contribution < -0.4 is 10.6 Å². The monoisotopic (exact) mass is 252 g/mol. The third-order valence-corrected chi connectivity index (χ3v) is 2.64. The molecule has 2 N–H and O–H groups in total. The van der Waals surface area contributed by atoms with Gasteiger partial charge in [0.05, 0.1) is 6.10 Å². The third kappa shape index (κ3) is 4.87. The maximum absolute atomic E-state index is 5.49. The van der Waals surface area contributed by atoms with Gasteiger partial charge in [0.15, 0.2) is 0 Å². The van der Waals surface area contributed by atoms with Crippen LogP contribution in [0.5, 0.6) is 0 Å². The highest BCUT2D eigenvalue weighted by atomic mass is 16.5. The first-order chi connectivity index (χ1) is 8.65. The fourth-order valence-corrected chi connectivity index (χ4v) is 1.63. The SMILES string of the molecule is CNc1ncnc(NCCCCOC(C)C)c1C. The van der Waals surface area contributed by atoms with Crippen LogP contribution in [0.4, 0.5) is 11.6 Å². The predicted molar refractivity (Wildman–Crippen MR) is 75.1 cm³/mol. The van der Waals surface area contributed by atoms with Gasteiger partial charge in [-0.3, -0.25) is 0 Å². The molecule has 0 aliphatic heterocycles. The van der Waals surface area contributed by atoms with Gasteiger partial charge in [0, 0.05) is 25.8 Å². The molecule has 5 heteroatoms. The summed E-state index contributed by atoms with van der Waals surface area (Å²) in [6.45, 7) is 7.85. The lowest BCUT2D eigenvalue weighted by Crippen LogP contribution is -2.09. The van der Waals surface area contributed by atoms with E-state index >= 15 is 0 Å². The van der Waals surface area contributed by atoms with Crippen molar-refractivity contribution in [3.8, 4) is 0 Å². The van der Waals surface area contributed by atoms with Crippen LogP contribution in [-0.2, 0) is 4.74 Å². The lowest BCUT2D eigenvalue weighted by Gasteiger charge is -2.11. The molecule has 0 radical (unpaired) electrons. The van der Waals surface area contributed by atoms with Gasteiger partial charge in [0.25, 0.3) is 0 Å². The maximum atomic E-state index is 5.49. The first-order valence-corrected chi connectivity index (χ1v) is 6.50. The van der Waals surface area contributed by atoms with Crippen molar-refractivity contribution in [1.29, 1.82) is 0 Å². The van der Waals surface area contributed by atoms with Gasteiger partial charge in [-0.1, -0.05) is 0 Å².